The van der Waals surface area contributed by atoms with Crippen LogP contribution in [-0.2, 0) is 6.42 Å². The molecule has 0 saturated heterocycles. The molecule has 0 aliphatic heterocycles. The van der Waals surface area contributed by atoms with Crippen molar-refractivity contribution in [2.45, 2.75) is 13.3 Å². The molecule has 17 heavy (non-hydrogen) atoms. The van der Waals surface area contributed by atoms with E-state index in [1.807, 2.05) is 25.1 Å². The van der Waals surface area contributed by atoms with Gasteiger partial charge < -0.3 is 0 Å². The lowest BCUT2D eigenvalue weighted by Crippen LogP contribution is -2.06. The molecule has 1 aromatic heterocycles. The van der Waals surface area contributed by atoms with E-state index in [-0.39, 0.29) is 5.78 Å². The molecule has 1 aromatic carbocycles. The average Bonchev–Trinajstić information content (AvgIpc) is 2.34. The molecule has 2 rings (SSSR count). The molecule has 0 atom stereocenters. The van der Waals surface area contributed by atoms with Crippen LogP contribution in [0.3, 0.4) is 0 Å². The summed E-state index contributed by atoms with van der Waals surface area (Å²) in [5, 5.41) is 0.622. The minimum Gasteiger partial charge on any atom is -0.294 e. The predicted octanol–water partition coefficient (Wildman–Crippen LogP) is 3.47. The molecule has 0 N–H and O–H groups in total. The fourth-order valence-electron chi connectivity index (χ4n) is 1.67. The van der Waals surface area contributed by atoms with E-state index in [0.29, 0.717) is 17.0 Å². The monoisotopic (exact) mass is 245 g/mol. The molecular formula is C14H12ClNO. The second-order valence-corrected chi connectivity index (χ2v) is 4.24. The van der Waals surface area contributed by atoms with Gasteiger partial charge in [-0.25, -0.2) is 0 Å². The topological polar surface area (TPSA) is 30.0 Å². The standard InChI is InChI=1S/C14H12ClNO/c1-10-12(6-4-7-13(10)15)14(17)9-11-5-2-3-8-16-11/h2-8H,9H2,1H3. The van der Waals surface area contributed by atoms with Gasteiger partial charge in [-0.15, -0.1) is 0 Å². The zero-order chi connectivity index (χ0) is 12.3. The molecule has 0 spiro atoms. The number of hydrogen-bond donors (Lipinski definition) is 0. The van der Waals surface area contributed by atoms with Crippen LogP contribution < -0.4 is 0 Å². The molecule has 0 aliphatic carbocycles. The first-order valence-electron chi connectivity index (χ1n) is 5.36. The number of Topliss-reactive ketones (excluding diaryl/α,β-unsaturated/α-hetero) is 1. The van der Waals surface area contributed by atoms with Crippen LogP contribution in [0.2, 0.25) is 5.02 Å². The first kappa shape index (κ1) is 11.8. The van der Waals surface area contributed by atoms with E-state index in [1.54, 1.807) is 24.4 Å². The SMILES string of the molecule is Cc1c(Cl)cccc1C(=O)Cc1ccccn1. The Bertz CT molecular complexity index is 537. The van der Waals surface area contributed by atoms with Crippen molar-refractivity contribution in [1.82, 2.24) is 4.98 Å². The first-order valence-corrected chi connectivity index (χ1v) is 5.74. The highest BCUT2D eigenvalue weighted by molar-refractivity contribution is 6.31. The van der Waals surface area contributed by atoms with Gasteiger partial charge in [-0.3, -0.25) is 9.78 Å². The minimum absolute atomic E-state index is 0.0451. The molecule has 2 nitrogen and oxygen atoms in total. The maximum absolute atomic E-state index is 12.1. The van der Waals surface area contributed by atoms with Crippen LogP contribution in [0.4, 0.5) is 0 Å². The summed E-state index contributed by atoms with van der Waals surface area (Å²) in [6.07, 6.45) is 2.00. The Morgan fingerprint density at radius 2 is 2.06 bits per heavy atom. The fraction of sp³-hybridized carbons (Fsp3) is 0.143. The molecule has 0 radical (unpaired) electrons. The summed E-state index contributed by atoms with van der Waals surface area (Å²) in [4.78, 5) is 16.2. The summed E-state index contributed by atoms with van der Waals surface area (Å²) < 4.78 is 0. The molecule has 0 aliphatic rings. The summed E-state index contributed by atoms with van der Waals surface area (Å²) in [7, 11) is 0. The number of ketones is 1. The Morgan fingerprint density at radius 3 is 2.76 bits per heavy atom. The maximum Gasteiger partial charge on any atom is 0.169 e. The van der Waals surface area contributed by atoms with Gasteiger partial charge in [0.05, 0.1) is 6.42 Å². The third kappa shape index (κ3) is 2.71. The summed E-state index contributed by atoms with van der Waals surface area (Å²) in [6, 6.07) is 10.9. The van der Waals surface area contributed by atoms with Crippen molar-refractivity contribution in [3.8, 4) is 0 Å². The van der Waals surface area contributed by atoms with Crippen LogP contribution in [0, 0.1) is 6.92 Å². The number of aromatic nitrogens is 1. The number of hydrogen-bond acceptors (Lipinski definition) is 2. The van der Waals surface area contributed by atoms with Gasteiger partial charge in [-0.1, -0.05) is 29.8 Å². The van der Waals surface area contributed by atoms with E-state index in [4.69, 9.17) is 11.6 Å². The molecular weight excluding hydrogens is 234 g/mol. The van der Waals surface area contributed by atoms with Crippen LogP contribution in [0.15, 0.2) is 42.6 Å². The Morgan fingerprint density at radius 1 is 1.24 bits per heavy atom. The van der Waals surface area contributed by atoms with Crippen molar-refractivity contribution in [3.05, 3.63) is 64.4 Å². The van der Waals surface area contributed by atoms with Gasteiger partial charge in [-0.05, 0) is 30.7 Å². The van der Waals surface area contributed by atoms with Crippen LogP contribution in [-0.4, -0.2) is 10.8 Å². The Kier molecular flexibility index (Phi) is 3.55. The zero-order valence-corrected chi connectivity index (χ0v) is 10.2. The lowest BCUT2D eigenvalue weighted by molar-refractivity contribution is 0.0991. The number of pyridine rings is 1. The van der Waals surface area contributed by atoms with E-state index in [0.717, 1.165) is 11.3 Å². The molecule has 86 valence electrons. The summed E-state index contributed by atoms with van der Waals surface area (Å²) >= 11 is 5.99. The molecule has 3 heteroatoms. The van der Waals surface area contributed by atoms with E-state index in [1.165, 1.54) is 0 Å². The van der Waals surface area contributed by atoms with Gasteiger partial charge in [0.25, 0.3) is 0 Å². The van der Waals surface area contributed by atoms with Crippen LogP contribution in [0.1, 0.15) is 21.6 Å². The second-order valence-electron chi connectivity index (χ2n) is 3.83. The molecule has 2 aromatic rings. The number of nitrogens with zero attached hydrogens (tertiary/aromatic N) is 1. The quantitative estimate of drug-likeness (QED) is 0.775. The number of carbonyl (C=O) groups is 1. The third-order valence-electron chi connectivity index (χ3n) is 2.64. The number of benzene rings is 1. The zero-order valence-electron chi connectivity index (χ0n) is 9.48. The van der Waals surface area contributed by atoms with Gasteiger partial charge in [0, 0.05) is 22.5 Å². The minimum atomic E-state index is 0.0451. The molecule has 1 heterocycles. The highest BCUT2D eigenvalue weighted by Crippen LogP contribution is 2.19. The van der Waals surface area contributed by atoms with Crippen LogP contribution >= 0.6 is 11.6 Å². The number of rotatable bonds is 3. The average molecular weight is 246 g/mol. The maximum atomic E-state index is 12.1. The van der Waals surface area contributed by atoms with Gasteiger partial charge in [-0.2, -0.15) is 0 Å². The van der Waals surface area contributed by atoms with Gasteiger partial charge >= 0.3 is 0 Å². The molecule has 0 unspecified atom stereocenters. The van der Waals surface area contributed by atoms with Crippen molar-refractivity contribution in [1.29, 1.82) is 0 Å². The van der Waals surface area contributed by atoms with E-state index in [9.17, 15) is 4.79 Å². The normalized spacial score (nSPS) is 10.2. The summed E-state index contributed by atoms with van der Waals surface area (Å²) in [5.74, 6) is 0.0451. The largest absolute Gasteiger partial charge is 0.294 e. The molecule has 0 fully saturated rings. The summed E-state index contributed by atoms with van der Waals surface area (Å²) in [5.41, 5.74) is 2.27. The lowest BCUT2D eigenvalue weighted by Gasteiger charge is -2.06. The predicted molar refractivity (Wildman–Crippen MR) is 68.5 cm³/mol. The number of carbonyl (C=O) groups excluding carboxylic acids is 1. The molecule has 0 amide bonds. The van der Waals surface area contributed by atoms with Gasteiger partial charge in [0.2, 0.25) is 0 Å². The Labute approximate surface area is 105 Å². The van der Waals surface area contributed by atoms with Crippen LogP contribution in [0.5, 0.6) is 0 Å². The first-order chi connectivity index (χ1) is 8.18. The highest BCUT2D eigenvalue weighted by atomic mass is 35.5. The van der Waals surface area contributed by atoms with E-state index < -0.39 is 0 Å². The second kappa shape index (κ2) is 5.11. The molecule has 0 bridgehead atoms. The van der Waals surface area contributed by atoms with Crippen molar-refractivity contribution >= 4 is 17.4 Å². The van der Waals surface area contributed by atoms with E-state index in [2.05, 4.69) is 4.98 Å². The Hall–Kier alpha value is -1.67. The van der Waals surface area contributed by atoms with Crippen molar-refractivity contribution in [2.24, 2.45) is 0 Å². The van der Waals surface area contributed by atoms with Gasteiger partial charge in [0.15, 0.2) is 5.78 Å². The van der Waals surface area contributed by atoms with Crippen molar-refractivity contribution < 1.29 is 4.79 Å². The van der Waals surface area contributed by atoms with Crippen molar-refractivity contribution in [3.63, 3.8) is 0 Å². The molecule has 0 saturated carbocycles. The highest BCUT2D eigenvalue weighted by Gasteiger charge is 2.11. The third-order valence-corrected chi connectivity index (χ3v) is 3.05. The van der Waals surface area contributed by atoms with E-state index >= 15 is 0 Å². The number of halogens is 1. The van der Waals surface area contributed by atoms with Gasteiger partial charge in [0.1, 0.15) is 0 Å². The fourth-order valence-corrected chi connectivity index (χ4v) is 1.85. The van der Waals surface area contributed by atoms with Crippen molar-refractivity contribution in [2.75, 3.05) is 0 Å². The Balaban J connectivity index is 2.24. The summed E-state index contributed by atoms with van der Waals surface area (Å²) in [6.45, 7) is 1.86. The lowest BCUT2D eigenvalue weighted by atomic mass is 10.0. The van der Waals surface area contributed by atoms with Crippen LogP contribution in [0.25, 0.3) is 0 Å². The smallest absolute Gasteiger partial charge is 0.169 e.